The SMILES string of the molecule is C1=CCCC2Cc3c(-c4ccc(-c5ccc6sc7ccccc7c6c5)cc4)nc4ccccc4c3N=C2C=C1. The molecule has 1 aliphatic heterocycles. The summed E-state index contributed by atoms with van der Waals surface area (Å²) < 4.78 is 2.68. The first kappa shape index (κ1) is 22.6. The quantitative estimate of drug-likeness (QED) is 0.224. The second-order valence-corrected chi connectivity index (χ2v) is 11.6. The van der Waals surface area contributed by atoms with Gasteiger partial charge in [0.15, 0.2) is 0 Å². The summed E-state index contributed by atoms with van der Waals surface area (Å²) in [6.07, 6.45) is 11.9. The van der Waals surface area contributed by atoms with Crippen LogP contribution < -0.4 is 0 Å². The number of hydrogen-bond acceptors (Lipinski definition) is 3. The van der Waals surface area contributed by atoms with E-state index in [-0.39, 0.29) is 0 Å². The molecule has 3 heteroatoms. The average molecular weight is 519 g/mol. The van der Waals surface area contributed by atoms with Gasteiger partial charge in [0.25, 0.3) is 0 Å². The van der Waals surface area contributed by atoms with Gasteiger partial charge in [-0.05, 0) is 60.7 Å². The Balaban J connectivity index is 1.24. The zero-order valence-corrected chi connectivity index (χ0v) is 22.3. The molecule has 3 heterocycles. The third-order valence-electron chi connectivity index (χ3n) is 8.14. The molecule has 0 amide bonds. The molecule has 6 aromatic rings. The van der Waals surface area contributed by atoms with E-state index in [9.17, 15) is 0 Å². The number of nitrogens with zero attached hydrogens (tertiary/aromatic N) is 2. The van der Waals surface area contributed by atoms with Crippen LogP contribution in [0.5, 0.6) is 0 Å². The van der Waals surface area contributed by atoms with Crippen molar-refractivity contribution in [2.24, 2.45) is 10.9 Å². The molecule has 1 atom stereocenters. The average Bonchev–Trinajstić information content (AvgIpc) is 3.35. The molecule has 2 aromatic heterocycles. The van der Waals surface area contributed by atoms with Crippen molar-refractivity contribution in [2.75, 3.05) is 0 Å². The Bertz CT molecular complexity index is 1990. The number of aromatic nitrogens is 1. The Labute approximate surface area is 231 Å². The van der Waals surface area contributed by atoms with Crippen LogP contribution in [-0.2, 0) is 6.42 Å². The largest absolute Gasteiger partial charge is 0.252 e. The Kier molecular flexibility index (Phi) is 5.31. The molecular weight excluding hydrogens is 492 g/mol. The van der Waals surface area contributed by atoms with Crippen LogP contribution in [0.2, 0.25) is 0 Å². The van der Waals surface area contributed by atoms with Crippen molar-refractivity contribution in [1.82, 2.24) is 4.98 Å². The van der Waals surface area contributed by atoms with Gasteiger partial charge in [-0.15, -0.1) is 11.3 Å². The summed E-state index contributed by atoms with van der Waals surface area (Å²) in [5.74, 6) is 0.423. The Morgan fingerprint density at radius 2 is 1.46 bits per heavy atom. The van der Waals surface area contributed by atoms with Gasteiger partial charge >= 0.3 is 0 Å². The van der Waals surface area contributed by atoms with Crippen LogP contribution in [0, 0.1) is 5.92 Å². The fourth-order valence-electron chi connectivity index (χ4n) is 6.14. The van der Waals surface area contributed by atoms with Gasteiger partial charge in [-0.25, -0.2) is 4.98 Å². The first-order chi connectivity index (χ1) is 19.3. The van der Waals surface area contributed by atoms with Gasteiger partial charge in [0.1, 0.15) is 0 Å². The van der Waals surface area contributed by atoms with Crippen molar-refractivity contribution in [3.8, 4) is 22.4 Å². The highest BCUT2D eigenvalue weighted by molar-refractivity contribution is 7.25. The van der Waals surface area contributed by atoms with Crippen LogP contribution in [-0.4, -0.2) is 10.7 Å². The topological polar surface area (TPSA) is 25.2 Å². The van der Waals surface area contributed by atoms with Crippen LogP contribution in [0.4, 0.5) is 5.69 Å². The molecular formula is C36H26N2S. The summed E-state index contributed by atoms with van der Waals surface area (Å²) in [7, 11) is 0. The van der Waals surface area contributed by atoms with Crippen molar-refractivity contribution in [2.45, 2.75) is 19.3 Å². The highest BCUT2D eigenvalue weighted by Crippen LogP contribution is 2.42. The van der Waals surface area contributed by atoms with Crippen molar-refractivity contribution >= 4 is 53.8 Å². The fourth-order valence-corrected chi connectivity index (χ4v) is 7.23. The third kappa shape index (κ3) is 3.85. The summed E-state index contributed by atoms with van der Waals surface area (Å²) in [4.78, 5) is 10.5. The fraction of sp³-hybridized carbons (Fsp3) is 0.111. The Morgan fingerprint density at radius 1 is 0.692 bits per heavy atom. The number of para-hydroxylation sites is 1. The minimum absolute atomic E-state index is 0.423. The van der Waals surface area contributed by atoms with Crippen molar-refractivity contribution < 1.29 is 0 Å². The zero-order valence-electron chi connectivity index (χ0n) is 21.5. The van der Waals surface area contributed by atoms with Gasteiger partial charge in [0, 0.05) is 48.3 Å². The number of rotatable bonds is 2. The van der Waals surface area contributed by atoms with E-state index in [1.54, 1.807) is 0 Å². The molecule has 2 aliphatic rings. The predicted octanol–water partition coefficient (Wildman–Crippen LogP) is 10.1. The lowest BCUT2D eigenvalue weighted by atomic mass is 9.83. The molecule has 0 saturated carbocycles. The summed E-state index contributed by atoms with van der Waals surface area (Å²) in [5.41, 5.74) is 9.26. The van der Waals surface area contributed by atoms with E-state index in [1.165, 1.54) is 42.6 Å². The minimum atomic E-state index is 0.423. The van der Waals surface area contributed by atoms with E-state index in [0.717, 1.165) is 47.1 Å². The molecule has 0 spiro atoms. The maximum absolute atomic E-state index is 5.25. The highest BCUT2D eigenvalue weighted by atomic mass is 32.1. The van der Waals surface area contributed by atoms with Crippen LogP contribution in [0.1, 0.15) is 18.4 Å². The molecule has 1 unspecified atom stereocenters. The molecule has 1 aliphatic carbocycles. The van der Waals surface area contributed by atoms with Crippen LogP contribution in [0.15, 0.2) is 120 Å². The van der Waals surface area contributed by atoms with E-state index in [0.29, 0.717) is 5.92 Å². The van der Waals surface area contributed by atoms with E-state index in [4.69, 9.17) is 9.98 Å². The first-order valence-electron chi connectivity index (χ1n) is 13.7. The Hall–Kier alpha value is -4.34. The van der Waals surface area contributed by atoms with Gasteiger partial charge in [0.05, 0.1) is 16.9 Å². The summed E-state index contributed by atoms with van der Waals surface area (Å²) >= 11 is 1.86. The molecule has 4 aromatic carbocycles. The van der Waals surface area contributed by atoms with Crippen molar-refractivity contribution in [3.63, 3.8) is 0 Å². The number of fused-ring (bicyclic) bond motifs is 7. The second-order valence-electron chi connectivity index (χ2n) is 10.5. The van der Waals surface area contributed by atoms with Crippen LogP contribution in [0.3, 0.4) is 0 Å². The number of thiophene rings is 1. The minimum Gasteiger partial charge on any atom is -0.252 e. The maximum atomic E-state index is 5.25. The number of pyridine rings is 1. The van der Waals surface area contributed by atoms with E-state index >= 15 is 0 Å². The summed E-state index contributed by atoms with van der Waals surface area (Å²) in [6.45, 7) is 0. The van der Waals surface area contributed by atoms with Gasteiger partial charge in [-0.3, -0.25) is 4.99 Å². The zero-order chi connectivity index (χ0) is 25.8. The molecule has 0 N–H and O–H groups in total. The summed E-state index contributed by atoms with van der Waals surface area (Å²) in [6, 6.07) is 32.9. The summed E-state index contributed by atoms with van der Waals surface area (Å²) in [5, 5.41) is 3.81. The lowest BCUT2D eigenvalue weighted by molar-refractivity contribution is 0.624. The molecule has 0 radical (unpaired) electrons. The van der Waals surface area contributed by atoms with E-state index in [2.05, 4.69) is 115 Å². The molecule has 39 heavy (non-hydrogen) atoms. The number of hydrogen-bond donors (Lipinski definition) is 0. The van der Waals surface area contributed by atoms with Crippen LogP contribution >= 0.6 is 11.3 Å². The standard InChI is InChI=1S/C36H26N2S/c1-2-4-12-31-26(9-3-1)22-30-35(38-32-13-7-5-11-28(32)36(30)37-31)24-17-15-23(16-18-24)25-19-20-34-29(21-25)27-10-6-8-14-33(27)39-34/h1-2,4-8,10-21,26H,3,9,22H2. The predicted molar refractivity (Wildman–Crippen MR) is 167 cm³/mol. The monoisotopic (exact) mass is 518 g/mol. The first-order valence-corrected chi connectivity index (χ1v) is 14.5. The van der Waals surface area contributed by atoms with Gasteiger partial charge in [-0.1, -0.05) is 85.0 Å². The number of benzene rings is 4. The normalized spacial score (nSPS) is 16.6. The van der Waals surface area contributed by atoms with Gasteiger partial charge in [-0.2, -0.15) is 0 Å². The molecule has 2 nitrogen and oxygen atoms in total. The van der Waals surface area contributed by atoms with E-state index in [1.807, 2.05) is 11.3 Å². The van der Waals surface area contributed by atoms with Crippen molar-refractivity contribution in [1.29, 1.82) is 0 Å². The van der Waals surface area contributed by atoms with Gasteiger partial charge < -0.3 is 0 Å². The van der Waals surface area contributed by atoms with Crippen LogP contribution in [0.25, 0.3) is 53.5 Å². The third-order valence-corrected chi connectivity index (χ3v) is 9.29. The lowest BCUT2D eigenvalue weighted by Gasteiger charge is -2.26. The molecule has 0 bridgehead atoms. The molecule has 186 valence electrons. The second kappa shape index (κ2) is 9.14. The highest BCUT2D eigenvalue weighted by Gasteiger charge is 2.27. The van der Waals surface area contributed by atoms with Crippen molar-refractivity contribution in [3.05, 3.63) is 121 Å². The maximum Gasteiger partial charge on any atom is 0.0781 e. The van der Waals surface area contributed by atoms with E-state index < -0.39 is 0 Å². The lowest BCUT2D eigenvalue weighted by Crippen LogP contribution is -2.20. The molecule has 0 fully saturated rings. The number of aliphatic imine (C=N–C) groups is 1. The van der Waals surface area contributed by atoms with Gasteiger partial charge in [0.2, 0.25) is 0 Å². The number of allylic oxidation sites excluding steroid dienone is 4. The Morgan fingerprint density at radius 3 is 2.38 bits per heavy atom. The molecule has 0 saturated heterocycles. The molecule has 8 rings (SSSR count). The smallest absolute Gasteiger partial charge is 0.0781 e.